The van der Waals surface area contributed by atoms with Gasteiger partial charge in [-0.3, -0.25) is 4.40 Å². The first-order chi connectivity index (χ1) is 29.3. The van der Waals surface area contributed by atoms with Crippen molar-refractivity contribution in [2.24, 2.45) is 0 Å². The van der Waals surface area contributed by atoms with E-state index >= 15 is 0 Å². The van der Waals surface area contributed by atoms with Gasteiger partial charge in [-0.15, -0.1) is 0 Å². The molecular weight excluding hydrogens is 723 g/mol. The third kappa shape index (κ3) is 4.65. The summed E-state index contributed by atoms with van der Waals surface area (Å²) in [6.45, 7) is 0. The molecule has 5 aromatic heterocycles. The van der Waals surface area contributed by atoms with Crippen molar-refractivity contribution < 1.29 is 4.42 Å². The maximum atomic E-state index is 6.57. The molecule has 0 bridgehead atoms. The molecular formula is C53H31N5O. The van der Waals surface area contributed by atoms with Crippen LogP contribution in [0.15, 0.2) is 192 Å². The fourth-order valence-electron chi connectivity index (χ4n) is 9.29. The number of rotatable bonds is 4. The first-order valence-corrected chi connectivity index (χ1v) is 19.9. The third-order valence-corrected chi connectivity index (χ3v) is 11.9. The van der Waals surface area contributed by atoms with Gasteiger partial charge in [-0.25, -0.2) is 15.0 Å². The molecule has 0 fully saturated rings. The van der Waals surface area contributed by atoms with Gasteiger partial charge in [0.2, 0.25) is 0 Å². The lowest BCUT2D eigenvalue weighted by atomic mass is 9.99. The van der Waals surface area contributed by atoms with E-state index in [4.69, 9.17) is 19.4 Å². The number of nitrogens with zero attached hydrogens (tertiary/aromatic N) is 5. The van der Waals surface area contributed by atoms with Crippen molar-refractivity contribution >= 4 is 82.2 Å². The van der Waals surface area contributed by atoms with Gasteiger partial charge >= 0.3 is 0 Å². The number of hydrogen-bond acceptors (Lipinski definition) is 4. The average Bonchev–Trinajstić information content (AvgIpc) is 3.99. The molecule has 0 aliphatic carbocycles. The van der Waals surface area contributed by atoms with Crippen LogP contribution in [0.2, 0.25) is 0 Å². The summed E-state index contributed by atoms with van der Waals surface area (Å²) in [5.41, 5.74) is 13.5. The maximum absolute atomic E-state index is 6.57. The number of pyridine rings is 1. The summed E-state index contributed by atoms with van der Waals surface area (Å²) < 4.78 is 11.1. The number of para-hydroxylation sites is 3. The summed E-state index contributed by atoms with van der Waals surface area (Å²) in [4.78, 5) is 16.1. The van der Waals surface area contributed by atoms with Crippen LogP contribution in [0.25, 0.3) is 122 Å². The van der Waals surface area contributed by atoms with Crippen LogP contribution >= 0.6 is 0 Å². The van der Waals surface area contributed by atoms with E-state index in [1.165, 1.54) is 21.8 Å². The summed E-state index contributed by atoms with van der Waals surface area (Å²) in [6, 6.07) is 66.0. The monoisotopic (exact) mass is 753 g/mol. The minimum atomic E-state index is 0.615. The highest BCUT2D eigenvalue weighted by Gasteiger charge is 2.23. The molecule has 0 radical (unpaired) electrons. The Morgan fingerprint density at radius 1 is 0.390 bits per heavy atom. The molecule has 13 aromatic rings. The quantitative estimate of drug-likeness (QED) is 0.168. The first kappa shape index (κ1) is 32.0. The zero-order valence-corrected chi connectivity index (χ0v) is 31.5. The van der Waals surface area contributed by atoms with E-state index in [2.05, 4.69) is 167 Å². The van der Waals surface area contributed by atoms with E-state index in [0.717, 1.165) is 94.1 Å². The Kier molecular flexibility index (Phi) is 6.63. The molecule has 0 spiro atoms. The van der Waals surface area contributed by atoms with E-state index in [-0.39, 0.29) is 0 Å². The minimum Gasteiger partial charge on any atom is -0.456 e. The number of aromatic nitrogens is 5. The van der Waals surface area contributed by atoms with Crippen molar-refractivity contribution in [3.8, 4) is 39.5 Å². The van der Waals surface area contributed by atoms with Crippen LogP contribution in [0.4, 0.5) is 0 Å². The molecule has 8 aromatic carbocycles. The Morgan fingerprint density at radius 3 is 1.85 bits per heavy atom. The van der Waals surface area contributed by atoms with Gasteiger partial charge in [0.15, 0.2) is 11.5 Å². The Balaban J connectivity index is 1.06. The van der Waals surface area contributed by atoms with Crippen molar-refractivity contribution in [1.82, 2.24) is 23.9 Å². The van der Waals surface area contributed by atoms with Crippen LogP contribution in [-0.4, -0.2) is 23.9 Å². The lowest BCUT2D eigenvalue weighted by molar-refractivity contribution is 0.669. The molecule has 5 heterocycles. The van der Waals surface area contributed by atoms with Crippen molar-refractivity contribution in [3.05, 3.63) is 188 Å². The van der Waals surface area contributed by atoms with Gasteiger partial charge in [-0.1, -0.05) is 133 Å². The molecule has 59 heavy (non-hydrogen) atoms. The van der Waals surface area contributed by atoms with Crippen LogP contribution in [0.1, 0.15) is 0 Å². The van der Waals surface area contributed by atoms with Crippen LogP contribution in [-0.2, 0) is 0 Å². The van der Waals surface area contributed by atoms with E-state index in [0.29, 0.717) is 5.82 Å². The molecule has 6 nitrogen and oxygen atoms in total. The van der Waals surface area contributed by atoms with E-state index in [1.54, 1.807) is 0 Å². The number of furan rings is 1. The minimum absolute atomic E-state index is 0.615. The molecule has 0 saturated carbocycles. The second-order valence-corrected chi connectivity index (χ2v) is 15.2. The van der Waals surface area contributed by atoms with Gasteiger partial charge in [0.25, 0.3) is 0 Å². The molecule has 0 atom stereocenters. The normalized spacial score (nSPS) is 12.1. The van der Waals surface area contributed by atoms with E-state index < -0.39 is 0 Å². The number of benzene rings is 8. The van der Waals surface area contributed by atoms with Crippen molar-refractivity contribution in [2.75, 3.05) is 0 Å². The highest BCUT2D eigenvalue weighted by Crippen LogP contribution is 2.41. The molecule has 274 valence electrons. The third-order valence-electron chi connectivity index (χ3n) is 11.9. The highest BCUT2D eigenvalue weighted by atomic mass is 16.3. The molecule has 13 rings (SSSR count). The average molecular weight is 754 g/mol. The Hall–Kier alpha value is -8.09. The van der Waals surface area contributed by atoms with Crippen molar-refractivity contribution in [1.29, 1.82) is 0 Å². The van der Waals surface area contributed by atoms with Crippen LogP contribution in [0, 0.1) is 0 Å². The predicted octanol–water partition coefficient (Wildman–Crippen LogP) is 13.6. The fourth-order valence-corrected chi connectivity index (χ4v) is 9.29. The van der Waals surface area contributed by atoms with Gasteiger partial charge in [-0.05, 0) is 71.1 Å². The summed E-state index contributed by atoms with van der Waals surface area (Å²) in [7, 11) is 0. The van der Waals surface area contributed by atoms with Crippen LogP contribution < -0.4 is 0 Å². The van der Waals surface area contributed by atoms with E-state index in [9.17, 15) is 0 Å². The second-order valence-electron chi connectivity index (χ2n) is 15.2. The molecule has 6 heteroatoms. The smallest absolute Gasteiger partial charge is 0.169 e. The number of imidazole rings is 1. The summed E-state index contributed by atoms with van der Waals surface area (Å²) >= 11 is 0. The lowest BCUT2D eigenvalue weighted by Gasteiger charge is -2.10. The van der Waals surface area contributed by atoms with Gasteiger partial charge in [0, 0.05) is 49.1 Å². The van der Waals surface area contributed by atoms with E-state index in [1.807, 2.05) is 30.3 Å². The lowest BCUT2D eigenvalue weighted by Crippen LogP contribution is -1.97. The van der Waals surface area contributed by atoms with Gasteiger partial charge in [-0.2, -0.15) is 0 Å². The number of fused-ring (bicyclic) bond motifs is 14. The molecule has 0 N–H and O–H groups in total. The SMILES string of the molecule is c1ccc(-c2nc(-c3cccc4oc5ccc(-c6ccc7c(c6)c6ccccc6n7-c6ccccc6)cc5c34)nc3c2nc2c4ccccc4c4ccccc4n32)cc1. The standard InChI is InChI=1S/C53H31N5O/c1-3-14-32(15-4-1)49-50-53(58-44-24-12-9-19-37(44)36-18-7-8-21-39(36)52(58)55-50)56-51(54-49)40-22-13-25-47-48(40)42-31-34(27-29-46(42)59-47)33-26-28-45-41(30-33)38-20-10-11-23-43(38)57(45)35-16-5-2-6-17-35/h1-31H. The topological polar surface area (TPSA) is 61.2 Å². The molecule has 0 aliphatic rings. The summed E-state index contributed by atoms with van der Waals surface area (Å²) in [6.07, 6.45) is 0. The van der Waals surface area contributed by atoms with Gasteiger partial charge < -0.3 is 8.98 Å². The predicted molar refractivity (Wildman–Crippen MR) is 241 cm³/mol. The van der Waals surface area contributed by atoms with Crippen molar-refractivity contribution in [2.45, 2.75) is 0 Å². The van der Waals surface area contributed by atoms with Crippen LogP contribution in [0.5, 0.6) is 0 Å². The zero-order chi connectivity index (χ0) is 38.6. The largest absolute Gasteiger partial charge is 0.456 e. The summed E-state index contributed by atoms with van der Waals surface area (Å²) in [5.74, 6) is 0.615. The molecule has 0 aliphatic heterocycles. The zero-order valence-electron chi connectivity index (χ0n) is 31.5. The first-order valence-electron chi connectivity index (χ1n) is 19.9. The Labute approximate surface area is 336 Å². The Bertz CT molecular complexity index is 3840. The summed E-state index contributed by atoms with van der Waals surface area (Å²) in [5, 5.41) is 7.81. The number of hydrogen-bond donors (Lipinski definition) is 0. The van der Waals surface area contributed by atoms with Crippen molar-refractivity contribution in [3.63, 3.8) is 0 Å². The van der Waals surface area contributed by atoms with Gasteiger partial charge in [0.05, 0.1) is 16.6 Å². The maximum Gasteiger partial charge on any atom is 0.169 e. The fraction of sp³-hybridized carbons (Fsp3) is 0. The van der Waals surface area contributed by atoms with Crippen LogP contribution in [0.3, 0.4) is 0 Å². The highest BCUT2D eigenvalue weighted by molar-refractivity contribution is 6.16. The second kappa shape index (κ2) is 12.2. The Morgan fingerprint density at radius 2 is 1.03 bits per heavy atom. The molecule has 0 saturated heterocycles. The molecule has 0 amide bonds. The van der Waals surface area contributed by atoms with Gasteiger partial charge in [0.1, 0.15) is 28.0 Å². The molecule has 0 unspecified atom stereocenters.